The smallest absolute Gasteiger partial charge is 0.407 e. The van der Waals surface area contributed by atoms with Gasteiger partial charge in [-0.25, -0.2) is 9.18 Å². The average molecular weight is 338 g/mol. The average Bonchev–Trinajstić information content (AvgIpc) is 2.49. The van der Waals surface area contributed by atoms with Crippen LogP contribution < -0.4 is 15.4 Å². The molecule has 1 unspecified atom stereocenters. The molecule has 0 saturated carbocycles. The van der Waals surface area contributed by atoms with Crippen molar-refractivity contribution >= 4 is 5.97 Å². The molecule has 1 atom stereocenters. The lowest BCUT2D eigenvalue weighted by atomic mass is 10.2. The summed E-state index contributed by atoms with van der Waals surface area (Å²) in [5.41, 5.74) is -0.274. The normalized spacial score (nSPS) is 12.8. The molecule has 0 bridgehead atoms. The molecule has 0 fully saturated rings. The molecular formula is C14H18F4N2O3. The van der Waals surface area contributed by atoms with Crippen molar-refractivity contribution in [3.8, 4) is 5.75 Å². The molecule has 0 aliphatic heterocycles. The summed E-state index contributed by atoms with van der Waals surface area (Å²) in [7, 11) is 2.69. The molecule has 0 aliphatic carbocycles. The van der Waals surface area contributed by atoms with E-state index in [1.54, 1.807) is 7.05 Å². The van der Waals surface area contributed by atoms with Crippen molar-refractivity contribution < 1.29 is 31.8 Å². The van der Waals surface area contributed by atoms with Gasteiger partial charge in [-0.15, -0.1) is 0 Å². The molecule has 1 aromatic rings. The van der Waals surface area contributed by atoms with E-state index in [9.17, 15) is 22.4 Å². The zero-order valence-electron chi connectivity index (χ0n) is 12.7. The molecule has 0 saturated heterocycles. The van der Waals surface area contributed by atoms with Crippen molar-refractivity contribution in [3.05, 3.63) is 29.6 Å². The second-order valence-electron chi connectivity index (χ2n) is 4.59. The second kappa shape index (κ2) is 8.68. The fourth-order valence-corrected chi connectivity index (χ4v) is 1.71. The van der Waals surface area contributed by atoms with Crippen LogP contribution in [-0.2, 0) is 4.74 Å². The summed E-state index contributed by atoms with van der Waals surface area (Å²) in [5.74, 6) is -1.80. The number of likely N-dealkylation sites (N-methyl/N-ethyl adjacent to an activating group) is 1. The van der Waals surface area contributed by atoms with Crippen molar-refractivity contribution in [2.45, 2.75) is 12.2 Å². The third-order valence-corrected chi connectivity index (χ3v) is 2.91. The van der Waals surface area contributed by atoms with Gasteiger partial charge in [-0.2, -0.15) is 13.2 Å². The van der Waals surface area contributed by atoms with Crippen molar-refractivity contribution in [1.82, 2.24) is 10.6 Å². The SMILES string of the molecule is CNCCNC(COc1ccc(F)cc1C(=O)OC)C(F)(F)F. The first-order chi connectivity index (χ1) is 10.8. The monoisotopic (exact) mass is 338 g/mol. The fraction of sp³-hybridized carbons (Fsp3) is 0.500. The fourth-order valence-electron chi connectivity index (χ4n) is 1.71. The molecule has 23 heavy (non-hydrogen) atoms. The van der Waals surface area contributed by atoms with Gasteiger partial charge in [0.1, 0.15) is 29.8 Å². The Kier molecular flexibility index (Phi) is 7.24. The van der Waals surface area contributed by atoms with Gasteiger partial charge in [0, 0.05) is 13.1 Å². The summed E-state index contributed by atoms with van der Waals surface area (Å²) >= 11 is 0. The maximum atomic E-state index is 13.2. The van der Waals surface area contributed by atoms with E-state index in [1.807, 2.05) is 0 Å². The first kappa shape index (κ1) is 19.2. The standard InChI is InChI=1S/C14H18F4N2O3/c1-19-5-6-20-12(14(16,17)18)8-23-11-4-3-9(15)7-10(11)13(21)22-2/h3-4,7,12,19-20H,5-6,8H2,1-2H3. The predicted molar refractivity (Wildman–Crippen MR) is 75.0 cm³/mol. The molecule has 0 aromatic heterocycles. The minimum absolute atomic E-state index is 0.0807. The van der Waals surface area contributed by atoms with Crippen LogP contribution in [0.1, 0.15) is 10.4 Å². The molecule has 1 aromatic carbocycles. The number of hydrogen-bond donors (Lipinski definition) is 2. The zero-order valence-corrected chi connectivity index (χ0v) is 12.7. The first-order valence-electron chi connectivity index (χ1n) is 6.75. The lowest BCUT2D eigenvalue weighted by Gasteiger charge is -2.22. The van der Waals surface area contributed by atoms with Crippen molar-refractivity contribution in [1.29, 1.82) is 0 Å². The lowest BCUT2D eigenvalue weighted by Crippen LogP contribution is -2.48. The van der Waals surface area contributed by atoms with E-state index < -0.39 is 30.6 Å². The van der Waals surface area contributed by atoms with Gasteiger partial charge in [-0.05, 0) is 25.2 Å². The highest BCUT2D eigenvalue weighted by atomic mass is 19.4. The number of benzene rings is 1. The van der Waals surface area contributed by atoms with Gasteiger partial charge in [0.05, 0.1) is 7.11 Å². The van der Waals surface area contributed by atoms with Crippen LogP contribution in [-0.4, -0.2) is 52.0 Å². The van der Waals surface area contributed by atoms with Crippen LogP contribution in [0.2, 0.25) is 0 Å². The first-order valence-corrected chi connectivity index (χ1v) is 6.75. The Morgan fingerprint density at radius 3 is 2.57 bits per heavy atom. The third kappa shape index (κ3) is 6.03. The van der Waals surface area contributed by atoms with Crippen LogP contribution in [0.15, 0.2) is 18.2 Å². The second-order valence-corrected chi connectivity index (χ2v) is 4.59. The minimum Gasteiger partial charge on any atom is -0.491 e. The van der Waals surface area contributed by atoms with E-state index >= 15 is 0 Å². The van der Waals surface area contributed by atoms with Crippen molar-refractivity contribution in [2.24, 2.45) is 0 Å². The lowest BCUT2D eigenvalue weighted by molar-refractivity contribution is -0.161. The Labute approximate surface area is 131 Å². The van der Waals surface area contributed by atoms with E-state index in [0.717, 1.165) is 25.3 Å². The molecule has 130 valence electrons. The van der Waals surface area contributed by atoms with Gasteiger partial charge >= 0.3 is 12.1 Å². The van der Waals surface area contributed by atoms with Crippen LogP contribution in [0, 0.1) is 5.82 Å². The number of nitrogens with one attached hydrogen (secondary N) is 2. The minimum atomic E-state index is -4.53. The Balaban J connectivity index is 2.82. The zero-order chi connectivity index (χ0) is 17.5. The summed E-state index contributed by atoms with van der Waals surface area (Å²) in [5, 5.41) is 5.01. The number of alkyl halides is 3. The molecule has 5 nitrogen and oxygen atoms in total. The Hall–Kier alpha value is -1.87. The van der Waals surface area contributed by atoms with Crippen LogP contribution in [0.4, 0.5) is 17.6 Å². The number of carbonyl (C=O) groups excluding carboxylic acids is 1. The summed E-state index contributed by atoms with van der Waals surface area (Å²) in [6.07, 6.45) is -4.53. The highest BCUT2D eigenvalue weighted by molar-refractivity contribution is 5.92. The summed E-state index contributed by atoms with van der Waals surface area (Å²) < 4.78 is 61.5. The Morgan fingerprint density at radius 1 is 1.30 bits per heavy atom. The van der Waals surface area contributed by atoms with Gasteiger partial charge in [-0.3, -0.25) is 0 Å². The largest absolute Gasteiger partial charge is 0.491 e. The third-order valence-electron chi connectivity index (χ3n) is 2.91. The molecule has 0 amide bonds. The summed E-state index contributed by atoms with van der Waals surface area (Å²) in [4.78, 5) is 11.5. The topological polar surface area (TPSA) is 59.6 Å². The molecule has 0 radical (unpaired) electrons. The predicted octanol–water partition coefficient (Wildman–Crippen LogP) is 1.73. The van der Waals surface area contributed by atoms with E-state index in [1.165, 1.54) is 0 Å². The number of ether oxygens (including phenoxy) is 2. The van der Waals surface area contributed by atoms with Gasteiger partial charge in [0.25, 0.3) is 0 Å². The maximum Gasteiger partial charge on any atom is 0.407 e. The maximum absolute atomic E-state index is 13.2. The molecular weight excluding hydrogens is 320 g/mol. The van der Waals surface area contributed by atoms with Gasteiger partial charge in [0.15, 0.2) is 0 Å². The molecule has 1 rings (SSSR count). The van der Waals surface area contributed by atoms with Crippen LogP contribution in [0.25, 0.3) is 0 Å². The number of halogens is 4. The molecule has 2 N–H and O–H groups in total. The van der Waals surface area contributed by atoms with E-state index in [-0.39, 0.29) is 17.9 Å². The number of hydrogen-bond acceptors (Lipinski definition) is 5. The van der Waals surface area contributed by atoms with Gasteiger partial charge < -0.3 is 20.1 Å². The Bertz CT molecular complexity index is 523. The van der Waals surface area contributed by atoms with Gasteiger partial charge in [-0.1, -0.05) is 0 Å². The van der Waals surface area contributed by atoms with E-state index in [4.69, 9.17) is 4.74 Å². The Morgan fingerprint density at radius 2 is 2.00 bits per heavy atom. The number of rotatable bonds is 8. The molecule has 0 heterocycles. The van der Waals surface area contributed by atoms with Crippen molar-refractivity contribution in [2.75, 3.05) is 33.9 Å². The van der Waals surface area contributed by atoms with Crippen molar-refractivity contribution in [3.63, 3.8) is 0 Å². The molecule has 0 aliphatic rings. The van der Waals surface area contributed by atoms with Crippen LogP contribution in [0.3, 0.4) is 0 Å². The summed E-state index contributed by atoms with van der Waals surface area (Å²) in [6, 6.07) is 0.992. The van der Waals surface area contributed by atoms with E-state index in [0.29, 0.717) is 6.54 Å². The summed E-state index contributed by atoms with van der Waals surface area (Å²) in [6.45, 7) is -0.337. The molecule has 9 heteroatoms. The molecule has 0 spiro atoms. The van der Waals surface area contributed by atoms with Crippen LogP contribution >= 0.6 is 0 Å². The number of methoxy groups -OCH3 is 1. The highest BCUT2D eigenvalue weighted by Crippen LogP contribution is 2.24. The van der Waals surface area contributed by atoms with Crippen LogP contribution in [0.5, 0.6) is 5.75 Å². The highest BCUT2D eigenvalue weighted by Gasteiger charge is 2.40. The van der Waals surface area contributed by atoms with E-state index in [2.05, 4.69) is 15.4 Å². The number of carbonyl (C=O) groups is 1. The quantitative estimate of drug-likeness (QED) is 0.429. The van der Waals surface area contributed by atoms with Gasteiger partial charge in [0.2, 0.25) is 0 Å². The number of esters is 1.